The van der Waals surface area contributed by atoms with Crippen LogP contribution >= 0.6 is 0 Å². The second-order valence-electron chi connectivity index (χ2n) is 6.12. The third-order valence-electron chi connectivity index (χ3n) is 4.36. The summed E-state index contributed by atoms with van der Waals surface area (Å²) in [5.41, 5.74) is 2.65. The summed E-state index contributed by atoms with van der Waals surface area (Å²) >= 11 is 0. The van der Waals surface area contributed by atoms with Crippen LogP contribution in [0.4, 0.5) is 5.69 Å². The number of carbonyl (C=O) groups excluding carboxylic acids is 1. The monoisotopic (exact) mass is 358 g/mol. The van der Waals surface area contributed by atoms with Gasteiger partial charge in [-0.15, -0.1) is 0 Å². The smallest absolute Gasteiger partial charge is 0.256 e. The van der Waals surface area contributed by atoms with Crippen LogP contribution in [0.25, 0.3) is 22.4 Å². The molecule has 0 bridgehead atoms. The van der Waals surface area contributed by atoms with Gasteiger partial charge in [-0.25, -0.2) is 9.97 Å². The molecule has 0 radical (unpaired) electrons. The molecule has 27 heavy (non-hydrogen) atoms. The maximum atomic E-state index is 13.0. The zero-order valence-electron chi connectivity index (χ0n) is 15.0. The summed E-state index contributed by atoms with van der Waals surface area (Å²) < 4.78 is 7.03. The van der Waals surface area contributed by atoms with Gasteiger partial charge in [0.2, 0.25) is 0 Å². The third-order valence-corrected chi connectivity index (χ3v) is 4.36. The summed E-state index contributed by atoms with van der Waals surface area (Å²) in [4.78, 5) is 22.0. The van der Waals surface area contributed by atoms with Crippen molar-refractivity contribution >= 4 is 22.5 Å². The van der Waals surface area contributed by atoms with E-state index in [1.165, 1.54) is 0 Å². The van der Waals surface area contributed by atoms with Crippen molar-refractivity contribution in [2.45, 2.75) is 0 Å². The van der Waals surface area contributed by atoms with Crippen molar-refractivity contribution < 1.29 is 9.53 Å². The van der Waals surface area contributed by atoms with Gasteiger partial charge >= 0.3 is 0 Å². The first-order chi connectivity index (χ1) is 13.2. The SMILES string of the molecule is COc1ccc(NC(=O)c2cc(-c3nccn3C)nc3ccccc23)cc1. The molecule has 1 amide bonds. The molecule has 0 aliphatic rings. The van der Waals surface area contributed by atoms with Crippen LogP contribution < -0.4 is 10.1 Å². The van der Waals surface area contributed by atoms with Gasteiger partial charge < -0.3 is 14.6 Å². The van der Waals surface area contributed by atoms with Crippen LogP contribution in [0.15, 0.2) is 67.0 Å². The molecule has 0 aliphatic carbocycles. The maximum Gasteiger partial charge on any atom is 0.256 e. The van der Waals surface area contributed by atoms with Crippen molar-refractivity contribution in [2.75, 3.05) is 12.4 Å². The van der Waals surface area contributed by atoms with E-state index in [-0.39, 0.29) is 5.91 Å². The topological polar surface area (TPSA) is 69.0 Å². The molecule has 2 aromatic carbocycles. The quantitative estimate of drug-likeness (QED) is 0.601. The van der Waals surface area contributed by atoms with E-state index in [4.69, 9.17) is 4.74 Å². The number of pyridine rings is 1. The first-order valence-corrected chi connectivity index (χ1v) is 8.48. The molecule has 0 atom stereocenters. The number of carbonyl (C=O) groups is 1. The summed E-state index contributed by atoms with van der Waals surface area (Å²) in [6.07, 6.45) is 3.56. The lowest BCUT2D eigenvalue weighted by Gasteiger charge is -2.11. The van der Waals surface area contributed by atoms with Gasteiger partial charge in [-0.1, -0.05) is 18.2 Å². The number of ether oxygens (including phenoxy) is 1. The second-order valence-corrected chi connectivity index (χ2v) is 6.12. The Morgan fingerprint density at radius 3 is 2.59 bits per heavy atom. The van der Waals surface area contributed by atoms with Gasteiger partial charge in [-0.2, -0.15) is 0 Å². The summed E-state index contributed by atoms with van der Waals surface area (Å²) in [6, 6.07) is 16.6. The molecule has 134 valence electrons. The number of para-hydroxylation sites is 1. The van der Waals surface area contributed by atoms with E-state index in [1.54, 1.807) is 43.6 Å². The molecule has 0 fully saturated rings. The number of anilines is 1. The summed E-state index contributed by atoms with van der Waals surface area (Å²) in [7, 11) is 3.51. The zero-order chi connectivity index (χ0) is 18.8. The number of nitrogens with zero attached hydrogens (tertiary/aromatic N) is 3. The fourth-order valence-corrected chi connectivity index (χ4v) is 2.96. The molecule has 6 nitrogen and oxygen atoms in total. The minimum Gasteiger partial charge on any atom is -0.497 e. The summed E-state index contributed by atoms with van der Waals surface area (Å²) in [5.74, 6) is 1.24. The lowest BCUT2D eigenvalue weighted by molar-refractivity contribution is 0.102. The predicted octanol–water partition coefficient (Wildman–Crippen LogP) is 3.90. The second kappa shape index (κ2) is 6.92. The van der Waals surface area contributed by atoms with Crippen molar-refractivity contribution in [1.29, 1.82) is 0 Å². The van der Waals surface area contributed by atoms with E-state index in [2.05, 4.69) is 15.3 Å². The molecule has 2 aromatic heterocycles. The Morgan fingerprint density at radius 1 is 1.11 bits per heavy atom. The molecular weight excluding hydrogens is 340 g/mol. The molecule has 4 aromatic rings. The van der Waals surface area contributed by atoms with Gasteiger partial charge in [0.1, 0.15) is 11.4 Å². The number of hydrogen-bond donors (Lipinski definition) is 1. The number of fused-ring (bicyclic) bond motifs is 1. The first-order valence-electron chi connectivity index (χ1n) is 8.48. The average Bonchev–Trinajstić information content (AvgIpc) is 3.13. The van der Waals surface area contributed by atoms with E-state index in [1.807, 2.05) is 42.1 Å². The average molecular weight is 358 g/mol. The number of aryl methyl sites for hydroxylation is 1. The summed E-state index contributed by atoms with van der Waals surface area (Å²) in [5, 5.41) is 3.73. The molecule has 0 saturated carbocycles. The number of rotatable bonds is 4. The van der Waals surface area contributed by atoms with Gasteiger partial charge in [0, 0.05) is 30.5 Å². The minimum atomic E-state index is -0.200. The van der Waals surface area contributed by atoms with E-state index in [0.29, 0.717) is 22.8 Å². The molecule has 6 heteroatoms. The van der Waals surface area contributed by atoms with E-state index >= 15 is 0 Å². The van der Waals surface area contributed by atoms with Crippen molar-refractivity contribution in [3.05, 3.63) is 72.6 Å². The normalized spacial score (nSPS) is 10.7. The van der Waals surface area contributed by atoms with Crippen LogP contribution in [-0.4, -0.2) is 27.6 Å². The van der Waals surface area contributed by atoms with Crippen LogP contribution in [-0.2, 0) is 7.05 Å². The lowest BCUT2D eigenvalue weighted by atomic mass is 10.1. The Bertz CT molecular complexity index is 1120. The van der Waals surface area contributed by atoms with Crippen LogP contribution in [0.5, 0.6) is 5.75 Å². The van der Waals surface area contributed by atoms with Crippen LogP contribution in [0.2, 0.25) is 0 Å². The van der Waals surface area contributed by atoms with Crippen molar-refractivity contribution in [1.82, 2.24) is 14.5 Å². The number of nitrogens with one attached hydrogen (secondary N) is 1. The Morgan fingerprint density at radius 2 is 1.89 bits per heavy atom. The minimum absolute atomic E-state index is 0.200. The van der Waals surface area contributed by atoms with Gasteiger partial charge in [-0.3, -0.25) is 4.79 Å². The molecule has 0 spiro atoms. The molecule has 0 unspecified atom stereocenters. The Kier molecular flexibility index (Phi) is 4.30. The fourth-order valence-electron chi connectivity index (χ4n) is 2.96. The standard InChI is InChI=1S/C21H18N4O2/c1-25-12-11-22-20(25)19-13-17(16-5-3-4-6-18(16)24-19)21(26)23-14-7-9-15(27-2)10-8-14/h3-13H,1-2H3,(H,23,26). The highest BCUT2D eigenvalue weighted by atomic mass is 16.5. The number of amides is 1. The molecule has 0 saturated heterocycles. The molecule has 4 rings (SSSR count). The van der Waals surface area contributed by atoms with Crippen molar-refractivity contribution in [3.63, 3.8) is 0 Å². The number of imidazole rings is 1. The van der Waals surface area contributed by atoms with Crippen molar-refractivity contribution in [3.8, 4) is 17.3 Å². The van der Waals surface area contributed by atoms with Crippen LogP contribution in [0.3, 0.4) is 0 Å². The van der Waals surface area contributed by atoms with Crippen LogP contribution in [0, 0.1) is 0 Å². The summed E-state index contributed by atoms with van der Waals surface area (Å²) in [6.45, 7) is 0. The number of aromatic nitrogens is 3. The molecule has 2 heterocycles. The van der Waals surface area contributed by atoms with Gasteiger partial charge in [-0.05, 0) is 36.4 Å². The molecular formula is C21H18N4O2. The fraction of sp³-hybridized carbons (Fsp3) is 0.0952. The van der Waals surface area contributed by atoms with Gasteiger partial charge in [0.05, 0.1) is 18.2 Å². The Hall–Kier alpha value is -3.67. The number of hydrogen-bond acceptors (Lipinski definition) is 4. The first kappa shape index (κ1) is 16.8. The molecule has 1 N–H and O–H groups in total. The van der Waals surface area contributed by atoms with Crippen LogP contribution in [0.1, 0.15) is 10.4 Å². The highest BCUT2D eigenvalue weighted by Gasteiger charge is 2.16. The lowest BCUT2D eigenvalue weighted by Crippen LogP contribution is -2.13. The van der Waals surface area contributed by atoms with Crippen molar-refractivity contribution in [2.24, 2.45) is 7.05 Å². The molecule has 0 aliphatic heterocycles. The third kappa shape index (κ3) is 3.25. The highest BCUT2D eigenvalue weighted by molar-refractivity contribution is 6.13. The number of benzene rings is 2. The highest BCUT2D eigenvalue weighted by Crippen LogP contribution is 2.25. The van der Waals surface area contributed by atoms with E-state index in [0.717, 1.165) is 16.7 Å². The Balaban J connectivity index is 1.77. The maximum absolute atomic E-state index is 13.0. The Labute approximate surface area is 156 Å². The largest absolute Gasteiger partial charge is 0.497 e. The van der Waals surface area contributed by atoms with E-state index < -0.39 is 0 Å². The number of methoxy groups -OCH3 is 1. The predicted molar refractivity (Wildman–Crippen MR) is 105 cm³/mol. The van der Waals surface area contributed by atoms with Gasteiger partial charge in [0.25, 0.3) is 5.91 Å². The zero-order valence-corrected chi connectivity index (χ0v) is 15.0. The van der Waals surface area contributed by atoms with E-state index in [9.17, 15) is 4.79 Å². The van der Waals surface area contributed by atoms with Gasteiger partial charge in [0.15, 0.2) is 5.82 Å².